The minimum Gasteiger partial charge on any atom is -0.493 e. The average molecular weight is 277 g/mol. The number of ether oxygens (including phenoxy) is 3. The van der Waals surface area contributed by atoms with Gasteiger partial charge in [-0.05, 0) is 30.7 Å². The first-order valence-electron chi connectivity index (χ1n) is 6.00. The Labute approximate surface area is 116 Å². The van der Waals surface area contributed by atoms with Crippen molar-refractivity contribution in [2.75, 3.05) is 20.0 Å². The third-order valence-electron chi connectivity index (χ3n) is 2.87. The molecule has 0 radical (unpaired) electrons. The highest BCUT2D eigenvalue weighted by molar-refractivity contribution is 5.62. The Morgan fingerprint density at radius 2 is 1.60 bits per heavy atom. The van der Waals surface area contributed by atoms with Crippen LogP contribution < -0.4 is 19.9 Å². The third kappa shape index (κ3) is 2.77. The minimum absolute atomic E-state index is 0.280. The summed E-state index contributed by atoms with van der Waals surface area (Å²) in [5.41, 5.74) is 6.81. The van der Waals surface area contributed by atoms with Crippen LogP contribution in [-0.4, -0.2) is 14.2 Å². The Balaban J connectivity index is 2.35. The molecular formula is C15H16FNO3. The van der Waals surface area contributed by atoms with Crippen molar-refractivity contribution in [2.45, 2.75) is 6.92 Å². The summed E-state index contributed by atoms with van der Waals surface area (Å²) in [7, 11) is 3.06. The van der Waals surface area contributed by atoms with Gasteiger partial charge in [0.2, 0.25) is 0 Å². The molecule has 0 heterocycles. The van der Waals surface area contributed by atoms with Crippen LogP contribution in [0, 0.1) is 12.7 Å². The van der Waals surface area contributed by atoms with Crippen LogP contribution in [0.25, 0.3) is 0 Å². The van der Waals surface area contributed by atoms with Crippen molar-refractivity contribution < 1.29 is 18.6 Å². The predicted molar refractivity (Wildman–Crippen MR) is 75.2 cm³/mol. The molecule has 5 heteroatoms. The van der Waals surface area contributed by atoms with Gasteiger partial charge in [-0.25, -0.2) is 4.39 Å². The fraction of sp³-hybridized carbons (Fsp3) is 0.200. The van der Waals surface area contributed by atoms with E-state index in [4.69, 9.17) is 19.9 Å². The van der Waals surface area contributed by atoms with Crippen LogP contribution in [0.2, 0.25) is 0 Å². The number of methoxy groups -OCH3 is 2. The van der Waals surface area contributed by atoms with Gasteiger partial charge < -0.3 is 19.9 Å². The number of nitrogen functional groups attached to an aromatic ring is 1. The van der Waals surface area contributed by atoms with E-state index in [0.29, 0.717) is 34.2 Å². The highest BCUT2D eigenvalue weighted by atomic mass is 19.1. The molecule has 0 aliphatic rings. The Kier molecular flexibility index (Phi) is 3.98. The summed E-state index contributed by atoms with van der Waals surface area (Å²) in [4.78, 5) is 0. The molecule has 0 atom stereocenters. The normalized spacial score (nSPS) is 10.2. The second-order valence-electron chi connectivity index (χ2n) is 4.26. The lowest BCUT2D eigenvalue weighted by Gasteiger charge is -2.13. The zero-order valence-corrected chi connectivity index (χ0v) is 11.6. The smallest absolute Gasteiger partial charge is 0.164 e. The monoisotopic (exact) mass is 277 g/mol. The van der Waals surface area contributed by atoms with E-state index in [1.54, 1.807) is 31.2 Å². The number of halogens is 1. The van der Waals surface area contributed by atoms with Gasteiger partial charge in [-0.2, -0.15) is 0 Å². The van der Waals surface area contributed by atoms with Gasteiger partial charge in [-0.15, -0.1) is 0 Å². The molecule has 2 rings (SSSR count). The van der Waals surface area contributed by atoms with E-state index in [2.05, 4.69) is 0 Å². The average Bonchev–Trinajstić information content (AvgIpc) is 2.44. The van der Waals surface area contributed by atoms with Crippen LogP contribution in [-0.2, 0) is 0 Å². The maximum atomic E-state index is 13.2. The fourth-order valence-electron chi connectivity index (χ4n) is 1.77. The summed E-state index contributed by atoms with van der Waals surface area (Å²) in [5.74, 6) is 1.68. The summed E-state index contributed by atoms with van der Waals surface area (Å²) in [6, 6.07) is 7.74. The fourth-order valence-corrected chi connectivity index (χ4v) is 1.77. The van der Waals surface area contributed by atoms with Crippen molar-refractivity contribution >= 4 is 5.69 Å². The maximum Gasteiger partial charge on any atom is 0.164 e. The van der Waals surface area contributed by atoms with Crippen LogP contribution in [0.5, 0.6) is 23.0 Å². The molecule has 0 aliphatic carbocycles. The van der Waals surface area contributed by atoms with Gasteiger partial charge in [-0.3, -0.25) is 0 Å². The van der Waals surface area contributed by atoms with Gasteiger partial charge in [-0.1, -0.05) is 0 Å². The lowest BCUT2D eigenvalue weighted by molar-refractivity contribution is 0.352. The molecule has 0 saturated heterocycles. The molecule has 2 N–H and O–H groups in total. The second-order valence-corrected chi connectivity index (χ2v) is 4.26. The Hall–Kier alpha value is -2.43. The number of hydrogen-bond acceptors (Lipinski definition) is 4. The Bertz CT molecular complexity index is 629. The predicted octanol–water partition coefficient (Wildman–Crippen LogP) is 3.53. The highest BCUT2D eigenvalue weighted by Crippen LogP contribution is 2.38. The number of anilines is 1. The van der Waals surface area contributed by atoms with Crippen molar-refractivity contribution in [1.29, 1.82) is 0 Å². The Morgan fingerprint density at radius 1 is 0.950 bits per heavy atom. The van der Waals surface area contributed by atoms with E-state index in [9.17, 15) is 4.39 Å². The summed E-state index contributed by atoms with van der Waals surface area (Å²) < 4.78 is 29.2. The second kappa shape index (κ2) is 5.69. The molecule has 0 saturated carbocycles. The third-order valence-corrected chi connectivity index (χ3v) is 2.87. The topological polar surface area (TPSA) is 53.7 Å². The molecule has 0 fully saturated rings. The van der Waals surface area contributed by atoms with Crippen LogP contribution in [0.4, 0.5) is 10.1 Å². The van der Waals surface area contributed by atoms with Gasteiger partial charge in [0.05, 0.1) is 19.9 Å². The minimum atomic E-state index is -0.280. The van der Waals surface area contributed by atoms with Gasteiger partial charge in [0.25, 0.3) is 0 Å². The molecule has 0 bridgehead atoms. The van der Waals surface area contributed by atoms with Gasteiger partial charge in [0, 0.05) is 12.1 Å². The first-order chi connectivity index (χ1) is 9.55. The standard InChI is InChI=1S/C15H16FNO3/c1-9-6-10(4-5-11(9)16)20-13-8-15(19-3)14(18-2)7-12(13)17/h4-8H,17H2,1-3H3. The maximum absolute atomic E-state index is 13.2. The molecule has 0 amide bonds. The van der Waals surface area contributed by atoms with Crippen molar-refractivity contribution in [2.24, 2.45) is 0 Å². The molecule has 106 valence electrons. The van der Waals surface area contributed by atoms with Crippen molar-refractivity contribution in [1.82, 2.24) is 0 Å². The summed E-state index contributed by atoms with van der Waals surface area (Å²) in [6.45, 7) is 1.67. The van der Waals surface area contributed by atoms with E-state index < -0.39 is 0 Å². The molecule has 4 nitrogen and oxygen atoms in total. The van der Waals surface area contributed by atoms with Gasteiger partial charge >= 0.3 is 0 Å². The van der Waals surface area contributed by atoms with E-state index in [-0.39, 0.29) is 5.82 Å². The molecule has 2 aromatic rings. The molecular weight excluding hydrogens is 261 g/mol. The van der Waals surface area contributed by atoms with E-state index in [0.717, 1.165) is 0 Å². The highest BCUT2D eigenvalue weighted by Gasteiger charge is 2.11. The van der Waals surface area contributed by atoms with Crippen LogP contribution in [0.3, 0.4) is 0 Å². The van der Waals surface area contributed by atoms with E-state index in [1.165, 1.54) is 20.3 Å². The first kappa shape index (κ1) is 14.0. The van der Waals surface area contributed by atoms with Crippen LogP contribution in [0.15, 0.2) is 30.3 Å². The van der Waals surface area contributed by atoms with E-state index >= 15 is 0 Å². The zero-order chi connectivity index (χ0) is 14.7. The molecule has 0 unspecified atom stereocenters. The van der Waals surface area contributed by atoms with Crippen molar-refractivity contribution in [3.63, 3.8) is 0 Å². The molecule has 20 heavy (non-hydrogen) atoms. The molecule has 0 spiro atoms. The number of hydrogen-bond donors (Lipinski definition) is 1. The number of nitrogens with two attached hydrogens (primary N) is 1. The summed E-state index contributed by atoms with van der Waals surface area (Å²) in [6.07, 6.45) is 0. The van der Waals surface area contributed by atoms with Crippen molar-refractivity contribution in [3.8, 4) is 23.0 Å². The number of benzene rings is 2. The van der Waals surface area contributed by atoms with E-state index in [1.807, 2.05) is 0 Å². The number of rotatable bonds is 4. The lowest BCUT2D eigenvalue weighted by atomic mass is 10.2. The lowest BCUT2D eigenvalue weighted by Crippen LogP contribution is -1.97. The van der Waals surface area contributed by atoms with Gasteiger partial charge in [0.1, 0.15) is 11.6 Å². The largest absolute Gasteiger partial charge is 0.493 e. The molecule has 0 aromatic heterocycles. The quantitative estimate of drug-likeness (QED) is 0.869. The molecule has 0 aliphatic heterocycles. The van der Waals surface area contributed by atoms with Crippen LogP contribution >= 0.6 is 0 Å². The summed E-state index contributed by atoms with van der Waals surface area (Å²) >= 11 is 0. The van der Waals surface area contributed by atoms with Gasteiger partial charge in [0.15, 0.2) is 17.2 Å². The SMILES string of the molecule is COc1cc(N)c(Oc2ccc(F)c(C)c2)cc1OC. The summed E-state index contributed by atoms with van der Waals surface area (Å²) in [5, 5.41) is 0. The first-order valence-corrected chi connectivity index (χ1v) is 6.00. The molecule has 2 aromatic carbocycles. The Morgan fingerprint density at radius 3 is 2.20 bits per heavy atom. The zero-order valence-electron chi connectivity index (χ0n) is 11.6. The van der Waals surface area contributed by atoms with Crippen molar-refractivity contribution in [3.05, 3.63) is 41.7 Å². The van der Waals surface area contributed by atoms with Crippen LogP contribution in [0.1, 0.15) is 5.56 Å². The number of aryl methyl sites for hydroxylation is 1.